The van der Waals surface area contributed by atoms with Gasteiger partial charge in [0.15, 0.2) is 5.75 Å². The molecule has 5 nitrogen and oxygen atoms in total. The summed E-state index contributed by atoms with van der Waals surface area (Å²) in [6.07, 6.45) is 0. The molecule has 20 heavy (non-hydrogen) atoms. The predicted molar refractivity (Wildman–Crippen MR) is 71.6 cm³/mol. The van der Waals surface area contributed by atoms with Gasteiger partial charge in [-0.05, 0) is 30.3 Å². The van der Waals surface area contributed by atoms with Crippen LogP contribution in [0.2, 0.25) is 0 Å². The lowest BCUT2D eigenvalue weighted by Crippen LogP contribution is -2.12. The molecule has 0 saturated carbocycles. The average molecular weight is 271 g/mol. The Morgan fingerprint density at radius 3 is 2.80 bits per heavy atom. The molecule has 0 aliphatic carbocycles. The van der Waals surface area contributed by atoms with Crippen molar-refractivity contribution in [3.05, 3.63) is 53.3 Å². The van der Waals surface area contributed by atoms with Gasteiger partial charge in [-0.15, -0.1) is 0 Å². The Morgan fingerprint density at radius 1 is 1.35 bits per heavy atom. The van der Waals surface area contributed by atoms with Crippen LogP contribution in [0.25, 0.3) is 0 Å². The van der Waals surface area contributed by atoms with Gasteiger partial charge in [-0.3, -0.25) is 4.79 Å². The maximum atomic E-state index is 13.2. The van der Waals surface area contributed by atoms with Crippen LogP contribution in [0.15, 0.2) is 36.4 Å². The highest BCUT2D eigenvalue weighted by molar-refractivity contribution is 6.07. The highest BCUT2D eigenvalue weighted by Crippen LogP contribution is 2.25. The summed E-state index contributed by atoms with van der Waals surface area (Å²) in [6, 6.07) is 9.65. The second kappa shape index (κ2) is 5.28. The molecule has 0 fully saturated rings. The molecular weight excluding hydrogens is 261 g/mol. The summed E-state index contributed by atoms with van der Waals surface area (Å²) < 4.78 is 13.2. The number of nitrogens with zero attached hydrogens (tertiary/aromatic N) is 1. The number of aromatic hydroxyl groups is 1. The highest BCUT2D eigenvalue weighted by atomic mass is 19.1. The number of nitrogen functional groups attached to an aromatic ring is 1. The third-order valence-electron chi connectivity index (χ3n) is 2.66. The van der Waals surface area contributed by atoms with Gasteiger partial charge >= 0.3 is 0 Å². The van der Waals surface area contributed by atoms with Crippen molar-refractivity contribution in [3.63, 3.8) is 0 Å². The first-order chi connectivity index (χ1) is 9.52. The maximum Gasteiger partial charge on any atom is 0.259 e. The molecule has 0 unspecified atom stereocenters. The SMILES string of the molecule is N#Cc1cc(NC(=O)c2cccc(N)c2O)ccc1F. The molecule has 0 aliphatic rings. The molecule has 2 aromatic carbocycles. The van der Waals surface area contributed by atoms with Crippen LogP contribution in [-0.4, -0.2) is 11.0 Å². The molecule has 6 heteroatoms. The maximum absolute atomic E-state index is 13.2. The van der Waals surface area contributed by atoms with E-state index >= 15 is 0 Å². The molecule has 0 spiro atoms. The fraction of sp³-hybridized carbons (Fsp3) is 0. The van der Waals surface area contributed by atoms with Crippen LogP contribution in [0, 0.1) is 17.1 Å². The molecule has 0 bridgehead atoms. The molecular formula is C14H10FN3O2. The Bertz CT molecular complexity index is 723. The number of amides is 1. The summed E-state index contributed by atoms with van der Waals surface area (Å²) in [4.78, 5) is 12.0. The Balaban J connectivity index is 2.29. The van der Waals surface area contributed by atoms with Crippen LogP contribution >= 0.6 is 0 Å². The van der Waals surface area contributed by atoms with Crippen LogP contribution in [-0.2, 0) is 0 Å². The molecule has 100 valence electrons. The van der Waals surface area contributed by atoms with Gasteiger partial charge in [0.05, 0.1) is 16.8 Å². The fourth-order valence-electron chi connectivity index (χ4n) is 1.63. The standard InChI is InChI=1S/C14H10FN3O2/c15-11-5-4-9(6-8(11)7-16)18-14(20)10-2-1-3-12(17)13(10)19/h1-6,19H,17H2,(H,18,20). The lowest BCUT2D eigenvalue weighted by Gasteiger charge is -2.08. The van der Waals surface area contributed by atoms with E-state index in [9.17, 15) is 14.3 Å². The van der Waals surface area contributed by atoms with Gasteiger partial charge in [-0.1, -0.05) is 6.07 Å². The van der Waals surface area contributed by atoms with Crippen LogP contribution < -0.4 is 11.1 Å². The summed E-state index contributed by atoms with van der Waals surface area (Å²) >= 11 is 0. The lowest BCUT2D eigenvalue weighted by atomic mass is 10.1. The van der Waals surface area contributed by atoms with Crippen molar-refractivity contribution < 1.29 is 14.3 Å². The van der Waals surface area contributed by atoms with Crippen LogP contribution in [0.4, 0.5) is 15.8 Å². The van der Waals surface area contributed by atoms with E-state index in [1.54, 1.807) is 6.07 Å². The largest absolute Gasteiger partial charge is 0.505 e. The first-order valence-corrected chi connectivity index (χ1v) is 5.61. The molecule has 2 rings (SSSR count). The second-order valence-electron chi connectivity index (χ2n) is 4.00. The van der Waals surface area contributed by atoms with Crippen LogP contribution in [0.3, 0.4) is 0 Å². The van der Waals surface area contributed by atoms with Crippen molar-refractivity contribution in [3.8, 4) is 11.8 Å². The molecule has 0 aromatic heterocycles. The third-order valence-corrected chi connectivity index (χ3v) is 2.66. The van der Waals surface area contributed by atoms with Gasteiger partial charge in [0, 0.05) is 5.69 Å². The van der Waals surface area contributed by atoms with Gasteiger partial charge in [0.25, 0.3) is 5.91 Å². The van der Waals surface area contributed by atoms with Crippen molar-refractivity contribution in [2.24, 2.45) is 0 Å². The summed E-state index contributed by atoms with van der Waals surface area (Å²) in [5, 5.41) is 20.9. The second-order valence-corrected chi connectivity index (χ2v) is 4.00. The third kappa shape index (κ3) is 2.52. The number of anilines is 2. The van der Waals surface area contributed by atoms with Crippen LogP contribution in [0.1, 0.15) is 15.9 Å². The van der Waals surface area contributed by atoms with E-state index in [0.717, 1.165) is 6.07 Å². The van der Waals surface area contributed by atoms with E-state index in [1.807, 2.05) is 0 Å². The number of carbonyl (C=O) groups is 1. The number of hydrogen-bond donors (Lipinski definition) is 3. The van der Waals surface area contributed by atoms with Crippen molar-refractivity contribution in [2.45, 2.75) is 0 Å². The van der Waals surface area contributed by atoms with Crippen molar-refractivity contribution in [2.75, 3.05) is 11.1 Å². The summed E-state index contributed by atoms with van der Waals surface area (Å²) in [5.74, 6) is -1.60. The zero-order chi connectivity index (χ0) is 14.7. The smallest absolute Gasteiger partial charge is 0.259 e. The number of nitrogens with one attached hydrogen (secondary N) is 1. The van der Waals surface area contributed by atoms with E-state index in [-0.39, 0.29) is 28.3 Å². The summed E-state index contributed by atoms with van der Waals surface area (Å²) in [5.41, 5.74) is 5.63. The number of carbonyl (C=O) groups excluding carboxylic acids is 1. The molecule has 2 aromatic rings. The molecule has 1 amide bonds. The normalized spacial score (nSPS) is 9.80. The molecule has 4 N–H and O–H groups in total. The predicted octanol–water partition coefficient (Wildman–Crippen LogP) is 2.24. The minimum atomic E-state index is -0.669. The van der Waals surface area contributed by atoms with E-state index in [0.29, 0.717) is 0 Å². The van der Waals surface area contributed by atoms with Gasteiger partial charge in [-0.25, -0.2) is 4.39 Å². The van der Waals surface area contributed by atoms with Gasteiger partial charge in [-0.2, -0.15) is 5.26 Å². The minimum absolute atomic E-state index is 0.00664. The van der Waals surface area contributed by atoms with E-state index < -0.39 is 11.7 Å². The topological polar surface area (TPSA) is 99.1 Å². The Morgan fingerprint density at radius 2 is 2.10 bits per heavy atom. The van der Waals surface area contributed by atoms with Crippen molar-refractivity contribution >= 4 is 17.3 Å². The lowest BCUT2D eigenvalue weighted by molar-refractivity contribution is 0.102. The zero-order valence-corrected chi connectivity index (χ0v) is 10.2. The molecule has 0 saturated heterocycles. The number of phenols is 1. The number of para-hydroxylation sites is 1. The number of phenolic OH excluding ortho intramolecular Hbond substituents is 1. The quantitative estimate of drug-likeness (QED) is 0.576. The van der Waals surface area contributed by atoms with Gasteiger partial charge < -0.3 is 16.2 Å². The number of nitrogens with two attached hydrogens (primary N) is 1. The van der Waals surface area contributed by atoms with Crippen LogP contribution in [0.5, 0.6) is 5.75 Å². The van der Waals surface area contributed by atoms with Crippen molar-refractivity contribution in [1.82, 2.24) is 0 Å². The van der Waals surface area contributed by atoms with Crippen molar-refractivity contribution in [1.29, 1.82) is 5.26 Å². The summed E-state index contributed by atoms with van der Waals surface area (Å²) in [7, 11) is 0. The molecule has 0 atom stereocenters. The zero-order valence-electron chi connectivity index (χ0n) is 10.2. The fourth-order valence-corrected chi connectivity index (χ4v) is 1.63. The Labute approximate surface area is 114 Å². The highest BCUT2D eigenvalue weighted by Gasteiger charge is 2.13. The number of halogens is 1. The minimum Gasteiger partial charge on any atom is -0.505 e. The van der Waals surface area contributed by atoms with Gasteiger partial charge in [0.2, 0.25) is 0 Å². The Hall–Kier alpha value is -3.07. The molecule has 0 aliphatic heterocycles. The number of hydrogen-bond acceptors (Lipinski definition) is 4. The monoisotopic (exact) mass is 271 g/mol. The van der Waals surface area contributed by atoms with E-state index in [1.165, 1.54) is 30.3 Å². The first kappa shape index (κ1) is 13.4. The number of rotatable bonds is 2. The van der Waals surface area contributed by atoms with Gasteiger partial charge in [0.1, 0.15) is 11.9 Å². The average Bonchev–Trinajstić information content (AvgIpc) is 2.43. The number of benzene rings is 2. The van der Waals surface area contributed by atoms with E-state index in [4.69, 9.17) is 11.0 Å². The Kier molecular flexibility index (Phi) is 3.53. The number of nitriles is 1. The van der Waals surface area contributed by atoms with E-state index in [2.05, 4.69) is 5.32 Å². The first-order valence-electron chi connectivity index (χ1n) is 5.61. The summed E-state index contributed by atoms with van der Waals surface area (Å²) in [6.45, 7) is 0. The molecule has 0 radical (unpaired) electrons. The molecule has 0 heterocycles.